The maximum absolute atomic E-state index is 11.4. The molecule has 0 aliphatic heterocycles. The second-order valence-corrected chi connectivity index (χ2v) is 5.95. The number of sulfonamides is 1. The SMILES string of the molecule is CCCS(=O)(=O)NCCC(N)c1ccccc1. The topological polar surface area (TPSA) is 72.2 Å². The van der Waals surface area contributed by atoms with Crippen LogP contribution in [0.3, 0.4) is 0 Å². The van der Waals surface area contributed by atoms with Gasteiger partial charge in [-0.25, -0.2) is 13.1 Å². The first-order chi connectivity index (χ1) is 8.05. The van der Waals surface area contributed by atoms with E-state index in [1.807, 2.05) is 37.3 Å². The van der Waals surface area contributed by atoms with Gasteiger partial charge in [-0.05, 0) is 18.4 Å². The van der Waals surface area contributed by atoms with E-state index in [9.17, 15) is 8.42 Å². The minimum absolute atomic E-state index is 0.125. The molecule has 1 unspecified atom stereocenters. The highest BCUT2D eigenvalue weighted by atomic mass is 32.2. The Balaban J connectivity index is 2.37. The minimum atomic E-state index is -3.12. The summed E-state index contributed by atoms with van der Waals surface area (Å²) in [6, 6.07) is 9.56. The van der Waals surface area contributed by atoms with Gasteiger partial charge in [0.25, 0.3) is 0 Å². The number of hydrogen-bond donors (Lipinski definition) is 2. The summed E-state index contributed by atoms with van der Waals surface area (Å²) in [5.74, 6) is 0.174. The zero-order chi connectivity index (χ0) is 12.7. The molecule has 0 saturated carbocycles. The van der Waals surface area contributed by atoms with Gasteiger partial charge in [-0.2, -0.15) is 0 Å². The number of nitrogens with one attached hydrogen (secondary N) is 1. The van der Waals surface area contributed by atoms with E-state index >= 15 is 0 Å². The molecular formula is C12H20N2O2S. The van der Waals surface area contributed by atoms with Crippen LogP contribution in [0.4, 0.5) is 0 Å². The Kier molecular flexibility index (Phi) is 5.61. The Hall–Kier alpha value is -0.910. The Morgan fingerprint density at radius 3 is 2.53 bits per heavy atom. The lowest BCUT2D eigenvalue weighted by Gasteiger charge is -2.12. The van der Waals surface area contributed by atoms with Crippen LogP contribution in [0.25, 0.3) is 0 Å². The summed E-state index contributed by atoms with van der Waals surface area (Å²) in [6.07, 6.45) is 1.23. The zero-order valence-corrected chi connectivity index (χ0v) is 10.9. The normalized spacial score (nSPS) is 13.5. The molecule has 17 heavy (non-hydrogen) atoms. The van der Waals surface area contributed by atoms with Crippen LogP contribution < -0.4 is 10.5 Å². The molecule has 0 spiro atoms. The molecule has 0 saturated heterocycles. The van der Waals surface area contributed by atoms with Crippen molar-refractivity contribution < 1.29 is 8.42 Å². The standard InChI is InChI=1S/C12H20N2O2S/c1-2-10-17(15,16)14-9-8-12(13)11-6-4-3-5-7-11/h3-7,12,14H,2,8-10,13H2,1H3. The summed E-state index contributed by atoms with van der Waals surface area (Å²) in [5.41, 5.74) is 6.99. The highest BCUT2D eigenvalue weighted by Gasteiger charge is 2.10. The van der Waals surface area contributed by atoms with E-state index in [0.29, 0.717) is 19.4 Å². The smallest absolute Gasteiger partial charge is 0.211 e. The van der Waals surface area contributed by atoms with E-state index in [1.165, 1.54) is 0 Å². The maximum Gasteiger partial charge on any atom is 0.211 e. The molecule has 0 fully saturated rings. The molecule has 0 heterocycles. The van der Waals surface area contributed by atoms with Gasteiger partial charge in [0.05, 0.1) is 5.75 Å². The Morgan fingerprint density at radius 1 is 1.29 bits per heavy atom. The quantitative estimate of drug-likeness (QED) is 0.774. The number of benzene rings is 1. The molecule has 0 amide bonds. The van der Waals surface area contributed by atoms with Crippen molar-refractivity contribution in [3.05, 3.63) is 35.9 Å². The monoisotopic (exact) mass is 256 g/mol. The number of hydrogen-bond acceptors (Lipinski definition) is 3. The van der Waals surface area contributed by atoms with Gasteiger partial charge in [-0.3, -0.25) is 0 Å². The van der Waals surface area contributed by atoms with Gasteiger partial charge >= 0.3 is 0 Å². The van der Waals surface area contributed by atoms with Crippen LogP contribution in [0.2, 0.25) is 0 Å². The molecule has 1 rings (SSSR count). The van der Waals surface area contributed by atoms with Crippen molar-refractivity contribution in [2.45, 2.75) is 25.8 Å². The van der Waals surface area contributed by atoms with E-state index in [2.05, 4.69) is 4.72 Å². The van der Waals surface area contributed by atoms with Crippen molar-refractivity contribution in [3.8, 4) is 0 Å². The Bertz CT molecular complexity index is 417. The van der Waals surface area contributed by atoms with Gasteiger partial charge < -0.3 is 5.73 Å². The van der Waals surface area contributed by atoms with Gasteiger partial charge in [0.2, 0.25) is 10.0 Å². The van der Waals surface area contributed by atoms with Crippen LogP contribution in [-0.2, 0) is 10.0 Å². The molecular weight excluding hydrogens is 236 g/mol. The fourth-order valence-electron chi connectivity index (χ4n) is 1.58. The molecule has 4 nitrogen and oxygen atoms in total. The predicted octanol–water partition coefficient (Wildman–Crippen LogP) is 1.41. The molecule has 0 radical (unpaired) electrons. The van der Waals surface area contributed by atoms with Crippen molar-refractivity contribution in [2.75, 3.05) is 12.3 Å². The second kappa shape index (κ2) is 6.74. The third-order valence-corrected chi connectivity index (χ3v) is 4.07. The highest BCUT2D eigenvalue weighted by molar-refractivity contribution is 7.89. The molecule has 0 aliphatic carbocycles. The Labute approximate surface area is 103 Å². The van der Waals surface area contributed by atoms with Gasteiger partial charge in [-0.15, -0.1) is 0 Å². The third kappa shape index (κ3) is 5.30. The first-order valence-electron chi connectivity index (χ1n) is 5.83. The number of nitrogens with two attached hydrogens (primary N) is 1. The van der Waals surface area contributed by atoms with Crippen molar-refractivity contribution in [2.24, 2.45) is 5.73 Å². The summed E-state index contributed by atoms with van der Waals surface area (Å²) >= 11 is 0. The van der Waals surface area contributed by atoms with E-state index in [4.69, 9.17) is 5.73 Å². The molecule has 3 N–H and O–H groups in total. The van der Waals surface area contributed by atoms with Gasteiger partial charge in [-0.1, -0.05) is 37.3 Å². The largest absolute Gasteiger partial charge is 0.324 e. The van der Waals surface area contributed by atoms with Gasteiger partial charge in [0.15, 0.2) is 0 Å². The fraction of sp³-hybridized carbons (Fsp3) is 0.500. The van der Waals surface area contributed by atoms with Crippen LogP contribution in [0.15, 0.2) is 30.3 Å². The average Bonchev–Trinajstić information content (AvgIpc) is 2.29. The molecule has 96 valence electrons. The van der Waals surface area contributed by atoms with E-state index in [0.717, 1.165) is 5.56 Å². The molecule has 1 aromatic rings. The first-order valence-corrected chi connectivity index (χ1v) is 7.48. The second-order valence-electron chi connectivity index (χ2n) is 4.02. The van der Waals surface area contributed by atoms with Crippen molar-refractivity contribution in [3.63, 3.8) is 0 Å². The van der Waals surface area contributed by atoms with E-state index < -0.39 is 10.0 Å². The molecule has 1 atom stereocenters. The summed E-state index contributed by atoms with van der Waals surface area (Å²) < 4.78 is 25.3. The van der Waals surface area contributed by atoms with Crippen LogP contribution >= 0.6 is 0 Å². The lowest BCUT2D eigenvalue weighted by Crippen LogP contribution is -2.29. The molecule has 0 bridgehead atoms. The predicted molar refractivity (Wildman–Crippen MR) is 70.1 cm³/mol. The summed E-state index contributed by atoms with van der Waals surface area (Å²) in [6.45, 7) is 2.23. The maximum atomic E-state index is 11.4. The van der Waals surface area contributed by atoms with Crippen molar-refractivity contribution in [1.29, 1.82) is 0 Å². The molecule has 5 heteroatoms. The minimum Gasteiger partial charge on any atom is -0.324 e. The van der Waals surface area contributed by atoms with Gasteiger partial charge in [0, 0.05) is 12.6 Å². The highest BCUT2D eigenvalue weighted by Crippen LogP contribution is 2.12. The molecule has 0 aliphatic rings. The van der Waals surface area contributed by atoms with Gasteiger partial charge in [0.1, 0.15) is 0 Å². The van der Waals surface area contributed by atoms with Crippen molar-refractivity contribution in [1.82, 2.24) is 4.72 Å². The summed E-state index contributed by atoms with van der Waals surface area (Å²) in [4.78, 5) is 0. The number of rotatable bonds is 7. The summed E-state index contributed by atoms with van der Waals surface area (Å²) in [7, 11) is -3.12. The van der Waals surface area contributed by atoms with E-state index in [1.54, 1.807) is 0 Å². The first kappa shape index (κ1) is 14.2. The molecule has 0 aromatic heterocycles. The lowest BCUT2D eigenvalue weighted by atomic mass is 10.1. The molecule has 1 aromatic carbocycles. The zero-order valence-electron chi connectivity index (χ0n) is 10.1. The van der Waals surface area contributed by atoms with Crippen molar-refractivity contribution >= 4 is 10.0 Å². The van der Waals surface area contributed by atoms with Crippen LogP contribution in [0.1, 0.15) is 31.4 Å². The summed E-state index contributed by atoms with van der Waals surface area (Å²) in [5, 5.41) is 0. The third-order valence-electron chi connectivity index (χ3n) is 2.48. The Morgan fingerprint density at radius 2 is 1.94 bits per heavy atom. The average molecular weight is 256 g/mol. The van der Waals surface area contributed by atoms with Crippen LogP contribution in [-0.4, -0.2) is 20.7 Å². The van der Waals surface area contributed by atoms with E-state index in [-0.39, 0.29) is 11.8 Å². The fourth-order valence-corrected chi connectivity index (χ4v) is 2.69. The van der Waals surface area contributed by atoms with Crippen LogP contribution in [0.5, 0.6) is 0 Å². The van der Waals surface area contributed by atoms with Crippen LogP contribution in [0, 0.1) is 0 Å². The lowest BCUT2D eigenvalue weighted by molar-refractivity contribution is 0.568.